The Morgan fingerprint density at radius 3 is 2.57 bits per heavy atom. The summed E-state index contributed by atoms with van der Waals surface area (Å²) < 4.78 is 45.5. The van der Waals surface area contributed by atoms with E-state index >= 15 is 0 Å². The summed E-state index contributed by atoms with van der Waals surface area (Å²) in [5.74, 6) is -0.750. The van der Waals surface area contributed by atoms with Gasteiger partial charge in [0.05, 0.1) is 16.0 Å². The smallest absolute Gasteiger partial charge is 0.417 e. The summed E-state index contributed by atoms with van der Waals surface area (Å²) in [7, 11) is 0. The molecule has 3 aromatic rings. The van der Waals surface area contributed by atoms with E-state index < -0.39 is 17.7 Å². The summed E-state index contributed by atoms with van der Waals surface area (Å²) in [6.07, 6.45) is -2.84. The summed E-state index contributed by atoms with van der Waals surface area (Å²) in [5.41, 5.74) is 0.104. The van der Waals surface area contributed by atoms with Gasteiger partial charge in [-0.3, -0.25) is 4.79 Å². The first kappa shape index (κ1) is 15.7. The molecule has 0 spiro atoms. The summed E-state index contributed by atoms with van der Waals surface area (Å²) >= 11 is 1.23. The zero-order valence-electron chi connectivity index (χ0n) is 12.2. The molecule has 120 valence electrons. The van der Waals surface area contributed by atoms with Gasteiger partial charge in [0.25, 0.3) is 0 Å². The number of rotatable bonds is 2. The molecule has 0 fully saturated rings. The van der Waals surface area contributed by atoms with Crippen molar-refractivity contribution in [3.63, 3.8) is 0 Å². The van der Waals surface area contributed by atoms with Crippen molar-refractivity contribution in [2.45, 2.75) is 18.0 Å². The molecule has 3 rings (SSSR count). The zero-order chi connectivity index (χ0) is 16.8. The first-order valence-electron chi connectivity index (χ1n) is 6.70. The molecule has 0 atom stereocenters. The predicted octanol–water partition coefficient (Wildman–Crippen LogP) is 4.99. The van der Waals surface area contributed by atoms with E-state index in [0.717, 1.165) is 13.0 Å². The molecule has 0 aliphatic carbocycles. The van der Waals surface area contributed by atoms with Gasteiger partial charge < -0.3 is 9.72 Å². The van der Waals surface area contributed by atoms with Crippen molar-refractivity contribution >= 4 is 39.5 Å². The summed E-state index contributed by atoms with van der Waals surface area (Å²) in [4.78, 5) is 14.7. The quantitative estimate of drug-likeness (QED) is 0.406. The van der Waals surface area contributed by atoms with Crippen LogP contribution in [0.5, 0.6) is 5.75 Å². The van der Waals surface area contributed by atoms with Crippen LogP contribution in [0.15, 0.2) is 35.2 Å². The van der Waals surface area contributed by atoms with E-state index in [2.05, 4.69) is 4.98 Å². The van der Waals surface area contributed by atoms with Gasteiger partial charge in [-0.05, 0) is 18.4 Å². The standard InChI is InChI=1S/C16H12F3NO2S/c1-8(21)22-12-7-10(16(17,18)19)13-9-5-3-4-6-11(9)20-14(13)15(12)23-2/h3-7,20H,1-2H3. The lowest BCUT2D eigenvalue weighted by Gasteiger charge is -2.14. The third-order valence-corrected chi connectivity index (χ3v) is 4.28. The zero-order valence-corrected chi connectivity index (χ0v) is 13.1. The van der Waals surface area contributed by atoms with E-state index in [0.29, 0.717) is 21.3 Å². The number of nitrogens with one attached hydrogen (secondary N) is 1. The van der Waals surface area contributed by atoms with Crippen LogP contribution in [-0.2, 0) is 11.0 Å². The second-order valence-electron chi connectivity index (χ2n) is 4.97. The molecule has 0 saturated heterocycles. The molecular weight excluding hydrogens is 327 g/mol. The van der Waals surface area contributed by atoms with Crippen molar-refractivity contribution < 1.29 is 22.7 Å². The molecule has 3 nitrogen and oxygen atoms in total. The average Bonchev–Trinajstić information content (AvgIpc) is 2.83. The number of esters is 1. The summed E-state index contributed by atoms with van der Waals surface area (Å²) in [6.45, 7) is 1.16. The minimum absolute atomic E-state index is 0.0867. The van der Waals surface area contributed by atoms with Gasteiger partial charge in [-0.15, -0.1) is 11.8 Å². The number of aromatic nitrogens is 1. The molecule has 0 aliphatic heterocycles. The average molecular weight is 339 g/mol. The molecule has 1 N–H and O–H groups in total. The van der Waals surface area contributed by atoms with Crippen molar-refractivity contribution in [3.05, 3.63) is 35.9 Å². The molecule has 0 unspecified atom stereocenters. The minimum atomic E-state index is -4.56. The number of para-hydroxylation sites is 1. The maximum atomic E-state index is 13.5. The van der Waals surface area contributed by atoms with E-state index in [1.165, 1.54) is 11.8 Å². The van der Waals surface area contributed by atoms with Crippen molar-refractivity contribution in [1.82, 2.24) is 4.98 Å². The normalized spacial score (nSPS) is 12.0. The van der Waals surface area contributed by atoms with Crippen LogP contribution in [0.1, 0.15) is 12.5 Å². The first-order valence-corrected chi connectivity index (χ1v) is 7.92. The molecule has 0 aliphatic rings. The molecule has 1 aromatic heterocycles. The Balaban J connectivity index is 2.49. The summed E-state index contributed by atoms with van der Waals surface area (Å²) in [5, 5.41) is 0.577. The van der Waals surface area contributed by atoms with Gasteiger partial charge in [0.1, 0.15) is 5.75 Å². The van der Waals surface area contributed by atoms with Gasteiger partial charge in [-0.2, -0.15) is 13.2 Å². The molecule has 0 radical (unpaired) electrons. The Bertz CT molecular complexity index is 915. The topological polar surface area (TPSA) is 42.1 Å². The lowest BCUT2D eigenvalue weighted by molar-refractivity contribution is -0.137. The largest absolute Gasteiger partial charge is 0.425 e. The lowest BCUT2D eigenvalue weighted by Crippen LogP contribution is -2.09. The highest BCUT2D eigenvalue weighted by Crippen LogP contribution is 2.45. The molecule has 23 heavy (non-hydrogen) atoms. The van der Waals surface area contributed by atoms with Crippen LogP contribution in [0.4, 0.5) is 13.2 Å². The van der Waals surface area contributed by atoms with Gasteiger partial charge in [-0.25, -0.2) is 0 Å². The Morgan fingerprint density at radius 1 is 1.26 bits per heavy atom. The lowest BCUT2D eigenvalue weighted by atomic mass is 10.1. The van der Waals surface area contributed by atoms with Crippen molar-refractivity contribution in [2.24, 2.45) is 0 Å². The number of hydrogen-bond acceptors (Lipinski definition) is 3. The molecule has 7 heteroatoms. The molecule has 0 saturated carbocycles. The third-order valence-electron chi connectivity index (χ3n) is 3.46. The number of carbonyl (C=O) groups is 1. The summed E-state index contributed by atoms with van der Waals surface area (Å²) in [6, 6.07) is 7.69. The van der Waals surface area contributed by atoms with Gasteiger partial charge in [0.15, 0.2) is 0 Å². The van der Waals surface area contributed by atoms with E-state index in [4.69, 9.17) is 4.74 Å². The number of benzene rings is 2. The monoisotopic (exact) mass is 339 g/mol. The van der Waals surface area contributed by atoms with Crippen LogP contribution in [0.3, 0.4) is 0 Å². The molecular formula is C16H12F3NO2S. The number of alkyl halides is 3. The maximum Gasteiger partial charge on any atom is 0.417 e. The fourth-order valence-electron chi connectivity index (χ4n) is 2.64. The van der Waals surface area contributed by atoms with Gasteiger partial charge in [0, 0.05) is 23.2 Å². The molecule has 2 aromatic carbocycles. The number of fused-ring (bicyclic) bond motifs is 3. The Labute approximate surface area is 133 Å². The number of halogens is 3. The fourth-order valence-corrected chi connectivity index (χ4v) is 3.30. The van der Waals surface area contributed by atoms with Crippen molar-refractivity contribution in [2.75, 3.05) is 6.26 Å². The molecule has 0 amide bonds. The highest BCUT2D eigenvalue weighted by Gasteiger charge is 2.36. The van der Waals surface area contributed by atoms with Gasteiger partial charge in [0.2, 0.25) is 0 Å². The highest BCUT2D eigenvalue weighted by atomic mass is 32.2. The van der Waals surface area contributed by atoms with Crippen LogP contribution in [0.25, 0.3) is 21.8 Å². The first-order chi connectivity index (χ1) is 10.8. The number of thioether (sulfide) groups is 1. The second-order valence-corrected chi connectivity index (χ2v) is 5.78. The van der Waals surface area contributed by atoms with E-state index in [1.807, 2.05) is 0 Å². The Morgan fingerprint density at radius 2 is 1.96 bits per heavy atom. The number of hydrogen-bond donors (Lipinski definition) is 1. The number of aromatic amines is 1. The van der Waals surface area contributed by atoms with Gasteiger partial charge in [-0.1, -0.05) is 18.2 Å². The molecule has 0 bridgehead atoms. The maximum absolute atomic E-state index is 13.5. The van der Waals surface area contributed by atoms with Crippen LogP contribution >= 0.6 is 11.8 Å². The Hall–Kier alpha value is -2.15. The SMILES string of the molecule is CSc1c(OC(C)=O)cc(C(F)(F)F)c2c1[nH]c1ccccc12. The van der Waals surface area contributed by atoms with Crippen LogP contribution in [0, 0.1) is 0 Å². The van der Waals surface area contributed by atoms with Crippen LogP contribution < -0.4 is 4.74 Å². The number of ether oxygens (including phenoxy) is 1. The van der Waals surface area contributed by atoms with Crippen LogP contribution in [0.2, 0.25) is 0 Å². The third kappa shape index (κ3) is 2.65. The van der Waals surface area contributed by atoms with Crippen molar-refractivity contribution in [3.8, 4) is 5.75 Å². The predicted molar refractivity (Wildman–Crippen MR) is 83.9 cm³/mol. The highest BCUT2D eigenvalue weighted by molar-refractivity contribution is 7.99. The Kier molecular flexibility index (Phi) is 3.75. The van der Waals surface area contributed by atoms with E-state index in [1.54, 1.807) is 30.5 Å². The number of carbonyl (C=O) groups excluding carboxylic acids is 1. The van der Waals surface area contributed by atoms with E-state index in [-0.39, 0.29) is 11.1 Å². The van der Waals surface area contributed by atoms with Crippen molar-refractivity contribution in [1.29, 1.82) is 0 Å². The van der Waals surface area contributed by atoms with E-state index in [9.17, 15) is 18.0 Å². The second kappa shape index (κ2) is 5.49. The number of H-pyrrole nitrogens is 1. The fraction of sp³-hybridized carbons (Fsp3) is 0.188. The molecule has 1 heterocycles. The minimum Gasteiger partial charge on any atom is -0.425 e. The van der Waals surface area contributed by atoms with Gasteiger partial charge >= 0.3 is 12.1 Å². The van der Waals surface area contributed by atoms with Crippen LogP contribution in [-0.4, -0.2) is 17.2 Å².